The molecule has 0 saturated heterocycles. The molecule has 0 bridgehead atoms. The molecule has 1 aliphatic rings. The molecule has 4 nitrogen and oxygen atoms in total. The van der Waals surface area contributed by atoms with Crippen LogP contribution in [0.25, 0.3) is 0 Å². The number of carbonyl (C=O) groups is 1. The number of methoxy groups -OCH3 is 1. The van der Waals surface area contributed by atoms with Crippen LogP contribution in [0.1, 0.15) is 43.0 Å². The van der Waals surface area contributed by atoms with Gasteiger partial charge in [-0.05, 0) is 49.4 Å². The van der Waals surface area contributed by atoms with E-state index in [0.717, 1.165) is 24.3 Å². The minimum atomic E-state index is -0.173. The number of carbonyl (C=O) groups excluding carboxylic acids is 1. The van der Waals surface area contributed by atoms with Crippen molar-refractivity contribution in [3.8, 4) is 5.75 Å². The van der Waals surface area contributed by atoms with Crippen molar-refractivity contribution in [3.63, 3.8) is 0 Å². The van der Waals surface area contributed by atoms with E-state index in [1.165, 1.54) is 12.8 Å². The first kappa shape index (κ1) is 13.6. The summed E-state index contributed by atoms with van der Waals surface area (Å²) in [5, 5.41) is 4.27. The van der Waals surface area contributed by atoms with Crippen LogP contribution in [0.5, 0.6) is 5.75 Å². The third-order valence-electron chi connectivity index (χ3n) is 3.54. The van der Waals surface area contributed by atoms with Crippen molar-refractivity contribution in [2.75, 3.05) is 7.11 Å². The summed E-state index contributed by atoms with van der Waals surface area (Å²) in [7, 11) is 1.60. The fourth-order valence-corrected chi connectivity index (χ4v) is 2.27. The van der Waals surface area contributed by atoms with Crippen LogP contribution in [0.2, 0.25) is 0 Å². The Morgan fingerprint density at radius 1 is 1.32 bits per heavy atom. The first-order chi connectivity index (χ1) is 9.20. The van der Waals surface area contributed by atoms with Gasteiger partial charge in [0.15, 0.2) is 0 Å². The van der Waals surface area contributed by atoms with Crippen LogP contribution in [0.4, 0.5) is 0 Å². The molecule has 1 aromatic rings. The van der Waals surface area contributed by atoms with Crippen molar-refractivity contribution in [1.29, 1.82) is 0 Å². The van der Waals surface area contributed by atoms with E-state index in [0.29, 0.717) is 11.5 Å². The van der Waals surface area contributed by atoms with Crippen LogP contribution >= 0.6 is 0 Å². The van der Waals surface area contributed by atoms with Gasteiger partial charge in [0.25, 0.3) is 5.91 Å². The van der Waals surface area contributed by atoms with Gasteiger partial charge in [-0.1, -0.05) is 13.3 Å². The van der Waals surface area contributed by atoms with Gasteiger partial charge < -0.3 is 4.74 Å². The van der Waals surface area contributed by atoms with E-state index in [1.54, 1.807) is 31.4 Å². The van der Waals surface area contributed by atoms with E-state index >= 15 is 0 Å². The lowest BCUT2D eigenvalue weighted by molar-refractivity contribution is 0.0954. The van der Waals surface area contributed by atoms with Gasteiger partial charge in [0.1, 0.15) is 5.75 Å². The molecular formula is C15H20N2O2. The Balaban J connectivity index is 1.98. The lowest BCUT2D eigenvalue weighted by Gasteiger charge is -2.19. The van der Waals surface area contributed by atoms with Crippen molar-refractivity contribution < 1.29 is 9.53 Å². The van der Waals surface area contributed by atoms with Gasteiger partial charge in [-0.15, -0.1) is 0 Å². The number of amides is 1. The molecule has 0 spiro atoms. The number of ether oxygens (including phenoxy) is 1. The molecule has 1 saturated carbocycles. The van der Waals surface area contributed by atoms with E-state index in [-0.39, 0.29) is 5.91 Å². The molecule has 0 aromatic heterocycles. The van der Waals surface area contributed by atoms with Gasteiger partial charge in [0.05, 0.1) is 7.11 Å². The summed E-state index contributed by atoms with van der Waals surface area (Å²) >= 11 is 0. The maximum absolute atomic E-state index is 11.9. The van der Waals surface area contributed by atoms with Crippen molar-refractivity contribution in [1.82, 2.24) is 5.43 Å². The van der Waals surface area contributed by atoms with Crippen LogP contribution in [-0.2, 0) is 0 Å². The second-order valence-electron chi connectivity index (χ2n) is 4.92. The zero-order valence-electron chi connectivity index (χ0n) is 11.5. The van der Waals surface area contributed by atoms with Crippen LogP contribution in [-0.4, -0.2) is 18.7 Å². The molecule has 1 aromatic carbocycles. The zero-order chi connectivity index (χ0) is 13.7. The summed E-state index contributed by atoms with van der Waals surface area (Å²) in [6, 6.07) is 7.01. The summed E-state index contributed by atoms with van der Waals surface area (Å²) in [6.45, 7) is 2.16. The zero-order valence-corrected chi connectivity index (χ0v) is 11.5. The Morgan fingerprint density at radius 2 is 2.05 bits per heavy atom. The normalized spacial score (nSPS) is 21.2. The molecule has 4 heteroatoms. The number of nitrogens with zero attached hydrogens (tertiary/aromatic N) is 1. The highest BCUT2D eigenvalue weighted by molar-refractivity contribution is 5.96. The molecule has 0 radical (unpaired) electrons. The number of hydrogen-bond acceptors (Lipinski definition) is 3. The molecular weight excluding hydrogens is 240 g/mol. The Kier molecular flexibility index (Phi) is 4.55. The van der Waals surface area contributed by atoms with Gasteiger partial charge in [0.2, 0.25) is 0 Å². The van der Waals surface area contributed by atoms with E-state index in [4.69, 9.17) is 4.74 Å². The molecule has 0 aliphatic heterocycles. The Hall–Kier alpha value is -1.84. The number of hydrazone groups is 1. The number of hydrogen-bond donors (Lipinski definition) is 1. The molecule has 2 rings (SSSR count). The fourth-order valence-electron chi connectivity index (χ4n) is 2.27. The summed E-state index contributed by atoms with van der Waals surface area (Å²) < 4.78 is 5.06. The molecule has 1 unspecified atom stereocenters. The van der Waals surface area contributed by atoms with E-state index in [1.807, 2.05) is 0 Å². The fraction of sp³-hybridized carbons (Fsp3) is 0.467. The average Bonchev–Trinajstić information content (AvgIpc) is 2.46. The molecule has 1 fully saturated rings. The van der Waals surface area contributed by atoms with Crippen molar-refractivity contribution in [3.05, 3.63) is 29.8 Å². The molecule has 0 heterocycles. The lowest BCUT2D eigenvalue weighted by Crippen LogP contribution is -2.24. The molecule has 102 valence electrons. The Labute approximate surface area is 113 Å². The third kappa shape index (κ3) is 3.56. The highest BCUT2D eigenvalue weighted by atomic mass is 16.5. The van der Waals surface area contributed by atoms with E-state index < -0.39 is 0 Å². The van der Waals surface area contributed by atoms with Gasteiger partial charge in [-0.25, -0.2) is 5.43 Å². The minimum Gasteiger partial charge on any atom is -0.497 e. The third-order valence-corrected chi connectivity index (χ3v) is 3.54. The first-order valence-electron chi connectivity index (χ1n) is 6.71. The summed E-state index contributed by atoms with van der Waals surface area (Å²) in [5.74, 6) is 1.04. The molecule has 1 atom stereocenters. The summed E-state index contributed by atoms with van der Waals surface area (Å²) in [5.41, 5.74) is 4.34. The average molecular weight is 260 g/mol. The van der Waals surface area contributed by atoms with Crippen molar-refractivity contribution >= 4 is 11.6 Å². The largest absolute Gasteiger partial charge is 0.497 e. The van der Waals surface area contributed by atoms with Gasteiger partial charge in [-0.3, -0.25) is 4.79 Å². The number of nitrogens with one attached hydrogen (secondary N) is 1. The lowest BCUT2D eigenvalue weighted by atomic mass is 9.89. The van der Waals surface area contributed by atoms with Crippen molar-refractivity contribution in [2.24, 2.45) is 11.0 Å². The second kappa shape index (κ2) is 6.36. The quantitative estimate of drug-likeness (QED) is 0.849. The van der Waals surface area contributed by atoms with Crippen LogP contribution in [0.3, 0.4) is 0 Å². The highest BCUT2D eigenvalue weighted by Gasteiger charge is 2.16. The molecule has 19 heavy (non-hydrogen) atoms. The predicted molar refractivity (Wildman–Crippen MR) is 75.5 cm³/mol. The summed E-state index contributed by atoms with van der Waals surface area (Å²) in [4.78, 5) is 11.9. The predicted octanol–water partition coefficient (Wildman–Crippen LogP) is 2.99. The maximum atomic E-state index is 11.9. The van der Waals surface area contributed by atoms with Crippen LogP contribution in [0.15, 0.2) is 29.4 Å². The molecule has 1 N–H and O–H groups in total. The monoisotopic (exact) mass is 260 g/mol. The van der Waals surface area contributed by atoms with Gasteiger partial charge in [0, 0.05) is 11.3 Å². The van der Waals surface area contributed by atoms with Gasteiger partial charge in [-0.2, -0.15) is 5.10 Å². The molecule has 1 amide bonds. The second-order valence-corrected chi connectivity index (χ2v) is 4.92. The summed E-state index contributed by atoms with van der Waals surface area (Å²) in [6.07, 6.45) is 4.58. The number of rotatable bonds is 3. The standard InChI is InChI=1S/C15H20N2O2/c1-11-5-3-4-6-14(11)16-17-15(18)12-7-9-13(19-2)10-8-12/h7-11H,3-6H2,1-2H3,(H,17,18)/b16-14+. The maximum Gasteiger partial charge on any atom is 0.271 e. The SMILES string of the molecule is COc1ccc(C(=O)N/N=C2\CCCCC2C)cc1. The first-order valence-corrected chi connectivity index (χ1v) is 6.71. The minimum absolute atomic E-state index is 0.173. The Morgan fingerprint density at radius 3 is 2.68 bits per heavy atom. The van der Waals surface area contributed by atoms with Crippen LogP contribution < -0.4 is 10.2 Å². The van der Waals surface area contributed by atoms with Gasteiger partial charge >= 0.3 is 0 Å². The highest BCUT2D eigenvalue weighted by Crippen LogP contribution is 2.20. The van der Waals surface area contributed by atoms with Crippen LogP contribution in [0, 0.1) is 5.92 Å². The smallest absolute Gasteiger partial charge is 0.271 e. The van der Waals surface area contributed by atoms with E-state index in [9.17, 15) is 4.79 Å². The molecule has 1 aliphatic carbocycles. The topological polar surface area (TPSA) is 50.7 Å². The Bertz CT molecular complexity index is 466. The number of benzene rings is 1. The van der Waals surface area contributed by atoms with Crippen molar-refractivity contribution in [2.45, 2.75) is 32.6 Å². The van der Waals surface area contributed by atoms with E-state index in [2.05, 4.69) is 17.5 Å².